The van der Waals surface area contributed by atoms with Crippen molar-refractivity contribution in [2.75, 3.05) is 5.88 Å². The maximum absolute atomic E-state index is 5.53. The summed E-state index contributed by atoms with van der Waals surface area (Å²) < 4.78 is 0. The molecule has 1 aliphatic rings. The van der Waals surface area contributed by atoms with E-state index < -0.39 is 0 Å². The van der Waals surface area contributed by atoms with Gasteiger partial charge in [-0.2, -0.15) is 0 Å². The third kappa shape index (κ3) is 12.5. The van der Waals surface area contributed by atoms with E-state index in [1.165, 1.54) is 44.9 Å². The Morgan fingerprint density at radius 3 is 1.92 bits per heavy atom. The molecule has 0 aliphatic heterocycles. The van der Waals surface area contributed by atoms with Crippen LogP contribution in [0.1, 0.15) is 51.9 Å². The fraction of sp³-hybridized carbons (Fsp3) is 1.00. The zero-order valence-corrected chi connectivity index (χ0v) is 10.2. The quantitative estimate of drug-likeness (QED) is 0.578. The van der Waals surface area contributed by atoms with Crippen LogP contribution in [0.15, 0.2) is 0 Å². The lowest BCUT2D eigenvalue weighted by Gasteiger charge is -1.92. The topological polar surface area (TPSA) is 26.0 Å². The Labute approximate surface area is 93.8 Å². The van der Waals surface area contributed by atoms with Crippen molar-refractivity contribution in [1.29, 1.82) is 0 Å². The van der Waals surface area contributed by atoms with Crippen LogP contribution in [-0.2, 0) is 0 Å². The average molecular weight is 228 g/mol. The number of halogens is 2. The average Bonchev–Trinajstić information content (AvgIpc) is 2.53. The minimum absolute atomic E-state index is 0. The SMILES string of the molecule is CCCCCCl.Cl.NC1CCCC1. The van der Waals surface area contributed by atoms with E-state index in [0.29, 0.717) is 6.04 Å². The van der Waals surface area contributed by atoms with Crippen molar-refractivity contribution in [2.45, 2.75) is 57.9 Å². The summed E-state index contributed by atoms with van der Waals surface area (Å²) in [6, 6.07) is 0.546. The second-order valence-corrected chi connectivity index (χ2v) is 3.82. The minimum Gasteiger partial charge on any atom is -0.328 e. The molecule has 0 spiro atoms. The highest BCUT2D eigenvalue weighted by Crippen LogP contribution is 2.14. The molecule has 1 saturated carbocycles. The van der Waals surface area contributed by atoms with Crippen molar-refractivity contribution in [3.05, 3.63) is 0 Å². The molecule has 0 unspecified atom stereocenters. The van der Waals surface area contributed by atoms with Gasteiger partial charge in [0, 0.05) is 11.9 Å². The van der Waals surface area contributed by atoms with Gasteiger partial charge < -0.3 is 5.73 Å². The van der Waals surface area contributed by atoms with Crippen molar-refractivity contribution < 1.29 is 0 Å². The predicted molar refractivity (Wildman–Crippen MR) is 63.9 cm³/mol. The molecule has 1 fully saturated rings. The van der Waals surface area contributed by atoms with Gasteiger partial charge in [0.05, 0.1) is 0 Å². The minimum atomic E-state index is 0. The molecule has 0 radical (unpaired) electrons. The molecule has 13 heavy (non-hydrogen) atoms. The summed E-state index contributed by atoms with van der Waals surface area (Å²) in [5.74, 6) is 0.827. The summed E-state index contributed by atoms with van der Waals surface area (Å²) in [6.07, 6.45) is 8.98. The molecule has 3 heteroatoms. The van der Waals surface area contributed by atoms with Crippen LogP contribution < -0.4 is 5.73 Å². The van der Waals surface area contributed by atoms with Crippen LogP contribution in [-0.4, -0.2) is 11.9 Å². The fourth-order valence-corrected chi connectivity index (χ4v) is 1.49. The van der Waals surface area contributed by atoms with Crippen molar-refractivity contribution in [3.8, 4) is 0 Å². The summed E-state index contributed by atoms with van der Waals surface area (Å²) >= 11 is 5.38. The molecule has 0 aromatic rings. The third-order valence-corrected chi connectivity index (χ3v) is 2.40. The van der Waals surface area contributed by atoms with Crippen LogP contribution in [0.2, 0.25) is 0 Å². The Kier molecular flexibility index (Phi) is 15.4. The van der Waals surface area contributed by atoms with Crippen molar-refractivity contribution in [3.63, 3.8) is 0 Å². The lowest BCUT2D eigenvalue weighted by atomic mass is 10.3. The van der Waals surface area contributed by atoms with Gasteiger partial charge in [-0.15, -0.1) is 24.0 Å². The first-order chi connectivity index (χ1) is 5.81. The smallest absolute Gasteiger partial charge is 0.0223 e. The molecule has 0 aromatic heterocycles. The molecule has 1 aliphatic carbocycles. The number of hydrogen-bond acceptors (Lipinski definition) is 1. The van der Waals surface area contributed by atoms with Crippen molar-refractivity contribution >= 4 is 24.0 Å². The van der Waals surface area contributed by atoms with E-state index in [9.17, 15) is 0 Å². The Hall–Kier alpha value is 0.540. The van der Waals surface area contributed by atoms with Gasteiger partial charge in [0.25, 0.3) is 0 Å². The van der Waals surface area contributed by atoms with E-state index >= 15 is 0 Å². The Morgan fingerprint density at radius 1 is 1.23 bits per heavy atom. The zero-order valence-electron chi connectivity index (χ0n) is 8.60. The maximum Gasteiger partial charge on any atom is 0.0223 e. The van der Waals surface area contributed by atoms with Crippen LogP contribution in [0.5, 0.6) is 0 Å². The highest BCUT2D eigenvalue weighted by Gasteiger charge is 2.07. The monoisotopic (exact) mass is 227 g/mol. The molecule has 82 valence electrons. The molecular weight excluding hydrogens is 205 g/mol. The van der Waals surface area contributed by atoms with Gasteiger partial charge in [0.1, 0.15) is 0 Å². The second kappa shape index (κ2) is 12.5. The first kappa shape index (κ1) is 16.0. The summed E-state index contributed by atoms with van der Waals surface area (Å²) in [4.78, 5) is 0. The number of unbranched alkanes of at least 4 members (excludes halogenated alkanes) is 2. The Bertz CT molecular complexity index is 79.0. The lowest BCUT2D eigenvalue weighted by molar-refractivity contribution is 0.704. The van der Waals surface area contributed by atoms with Crippen LogP contribution in [0.3, 0.4) is 0 Å². The first-order valence-corrected chi connectivity index (χ1v) is 5.66. The van der Waals surface area contributed by atoms with E-state index in [0.717, 1.165) is 5.88 Å². The molecule has 0 bridgehead atoms. The van der Waals surface area contributed by atoms with Gasteiger partial charge in [-0.1, -0.05) is 32.6 Å². The van der Waals surface area contributed by atoms with Gasteiger partial charge in [-0.25, -0.2) is 0 Å². The number of rotatable bonds is 3. The van der Waals surface area contributed by atoms with Gasteiger partial charge in [-0.3, -0.25) is 0 Å². The molecule has 0 aromatic carbocycles. The number of nitrogens with two attached hydrogens (primary N) is 1. The van der Waals surface area contributed by atoms with E-state index in [4.69, 9.17) is 17.3 Å². The number of hydrogen-bond donors (Lipinski definition) is 1. The van der Waals surface area contributed by atoms with Gasteiger partial charge in [0.15, 0.2) is 0 Å². The summed E-state index contributed by atoms with van der Waals surface area (Å²) in [5.41, 5.74) is 5.53. The molecule has 1 nitrogen and oxygen atoms in total. The van der Waals surface area contributed by atoms with Crippen molar-refractivity contribution in [2.24, 2.45) is 5.73 Å². The number of alkyl halides is 1. The zero-order chi connectivity index (χ0) is 9.23. The van der Waals surface area contributed by atoms with Crippen LogP contribution in [0.25, 0.3) is 0 Å². The normalized spacial score (nSPS) is 15.9. The Balaban J connectivity index is 0. The van der Waals surface area contributed by atoms with Gasteiger partial charge in [0.2, 0.25) is 0 Å². The molecule has 0 atom stereocenters. The van der Waals surface area contributed by atoms with E-state index in [1.54, 1.807) is 0 Å². The summed E-state index contributed by atoms with van der Waals surface area (Å²) in [5, 5.41) is 0. The maximum atomic E-state index is 5.53. The lowest BCUT2D eigenvalue weighted by Crippen LogP contribution is -2.13. The first-order valence-electron chi connectivity index (χ1n) is 5.12. The molecule has 0 amide bonds. The second-order valence-electron chi connectivity index (χ2n) is 3.44. The van der Waals surface area contributed by atoms with Crippen molar-refractivity contribution in [1.82, 2.24) is 0 Å². The van der Waals surface area contributed by atoms with Crippen LogP contribution in [0.4, 0.5) is 0 Å². The van der Waals surface area contributed by atoms with Crippen LogP contribution in [0, 0.1) is 0 Å². The molecule has 0 heterocycles. The van der Waals surface area contributed by atoms with Gasteiger partial charge in [-0.05, 0) is 19.3 Å². The molecule has 1 rings (SSSR count). The summed E-state index contributed by atoms with van der Waals surface area (Å²) in [7, 11) is 0. The molecule has 2 N–H and O–H groups in total. The third-order valence-electron chi connectivity index (χ3n) is 2.14. The van der Waals surface area contributed by atoms with E-state index in [-0.39, 0.29) is 12.4 Å². The highest BCUT2D eigenvalue weighted by molar-refractivity contribution is 6.17. The van der Waals surface area contributed by atoms with Gasteiger partial charge >= 0.3 is 0 Å². The molecular formula is C10H23Cl2N. The van der Waals surface area contributed by atoms with Crippen LogP contribution >= 0.6 is 24.0 Å². The largest absolute Gasteiger partial charge is 0.328 e. The molecule has 0 saturated heterocycles. The fourth-order valence-electron chi connectivity index (χ4n) is 1.30. The predicted octanol–water partition coefficient (Wildman–Crippen LogP) is 3.72. The Morgan fingerprint density at radius 2 is 1.77 bits per heavy atom. The summed E-state index contributed by atoms with van der Waals surface area (Å²) in [6.45, 7) is 2.17. The van der Waals surface area contributed by atoms with E-state index in [1.807, 2.05) is 0 Å². The standard InChI is InChI=1S/C5H11Cl.C5H11N.ClH/c1-2-3-4-5-6;6-5-3-1-2-4-5;/h2-5H2,1H3;5H,1-4,6H2;1H. The highest BCUT2D eigenvalue weighted by atomic mass is 35.5. The van der Waals surface area contributed by atoms with E-state index in [2.05, 4.69) is 6.92 Å².